The lowest BCUT2D eigenvalue weighted by molar-refractivity contribution is -0.137. The topological polar surface area (TPSA) is 58.4 Å². The zero-order valence-electron chi connectivity index (χ0n) is 35.3. The Kier molecular flexibility index (Phi) is 14.9. The number of nitrogens with zero attached hydrogens (tertiary/aromatic N) is 4. The fraction of sp³-hybridized carbons (Fsp3) is 0.361. The van der Waals surface area contributed by atoms with Crippen LogP contribution in [0, 0.1) is 5.82 Å². The number of carbonyl (C=O) groups is 1. The minimum Gasteiger partial charge on any atom is -0.348 e. The van der Waals surface area contributed by atoms with Crippen molar-refractivity contribution in [3.8, 4) is 11.1 Å². The third-order valence-electron chi connectivity index (χ3n) is 11.7. The van der Waals surface area contributed by atoms with Gasteiger partial charge in [0.2, 0.25) is 5.91 Å². The smallest absolute Gasteiger partial charge is 0.348 e. The number of hydrogen-bond donors (Lipinski definition) is 0. The summed E-state index contributed by atoms with van der Waals surface area (Å²) < 4.78 is 56.6. The van der Waals surface area contributed by atoms with Crippen LogP contribution in [0.2, 0.25) is 5.21 Å². The number of halogens is 4. The summed E-state index contributed by atoms with van der Waals surface area (Å²) in [4.78, 5) is 36.0. The maximum Gasteiger partial charge on any atom is 0.415 e. The number of benzene rings is 3. The van der Waals surface area contributed by atoms with E-state index in [1.165, 1.54) is 24.3 Å². The average Bonchev–Trinajstić information content (AvgIpc) is 3.31. The second kappa shape index (κ2) is 18.3. The van der Waals surface area contributed by atoms with Gasteiger partial charge in [-0.3, -0.25) is 9.59 Å². The van der Waals surface area contributed by atoms with Crippen LogP contribution in [0.5, 0.6) is 0 Å². The van der Waals surface area contributed by atoms with Crippen molar-refractivity contribution in [1.82, 2.24) is 19.4 Å². The molecule has 6 nitrogen and oxygen atoms in total. The van der Waals surface area contributed by atoms with Crippen LogP contribution in [0.1, 0.15) is 41.8 Å². The Morgan fingerprint density at radius 2 is 1.15 bits per heavy atom. The van der Waals surface area contributed by atoms with Crippen LogP contribution in [0.25, 0.3) is 11.1 Å². The number of thioether (sulfide) groups is 1. The maximum absolute atomic E-state index is 15.4. The summed E-state index contributed by atoms with van der Waals surface area (Å²) >= 11 is 0.767. The lowest BCUT2D eigenvalue weighted by Gasteiger charge is -2.50. The molecule has 0 fully saturated rings. The van der Waals surface area contributed by atoms with Crippen molar-refractivity contribution in [2.45, 2.75) is 57.2 Å². The first kappa shape index (κ1) is 53.2. The molecule has 3 aromatic carbocycles. The largest absolute Gasteiger partial charge is 0.415 e. The number of aromatic nitrogens is 2. The first-order chi connectivity index (χ1) is 29.7. The van der Waals surface area contributed by atoms with E-state index in [0.717, 1.165) is 21.2 Å². The van der Waals surface area contributed by atoms with Crippen LogP contribution in [-0.4, -0.2) is 193 Å². The van der Waals surface area contributed by atoms with Crippen molar-refractivity contribution in [1.29, 1.82) is 0 Å². The van der Waals surface area contributed by atoms with Gasteiger partial charge in [0.05, 0.1) is 62.8 Å². The second-order valence-corrected chi connectivity index (χ2v) is 16.7. The van der Waals surface area contributed by atoms with Crippen LogP contribution in [0.4, 0.5) is 17.6 Å². The number of amides is 1. The van der Waals surface area contributed by atoms with E-state index in [4.69, 9.17) is 141 Å². The van der Waals surface area contributed by atoms with Gasteiger partial charge in [0.15, 0.2) is 5.16 Å². The number of carbonyl (C=O) groups excluding carboxylic acids is 1. The molecule has 0 saturated heterocycles. The van der Waals surface area contributed by atoms with Crippen LogP contribution in [0.3, 0.4) is 0 Å². The van der Waals surface area contributed by atoms with Gasteiger partial charge in [0.25, 0.3) is 5.56 Å². The fourth-order valence-electron chi connectivity index (χ4n) is 7.80. The second-order valence-electron chi connectivity index (χ2n) is 15.7. The van der Waals surface area contributed by atoms with E-state index in [2.05, 4.69) is 4.98 Å². The number of alkyl halides is 3. The van der Waals surface area contributed by atoms with Gasteiger partial charge in [0.1, 0.15) is 84.3 Å². The molecule has 1 aliphatic rings. The highest BCUT2D eigenvalue weighted by molar-refractivity contribution is 7.98. The van der Waals surface area contributed by atoms with E-state index in [9.17, 15) is 22.4 Å². The molecule has 1 aromatic heterocycles. The molecule has 1 heterocycles. The van der Waals surface area contributed by atoms with Crippen molar-refractivity contribution in [2.75, 3.05) is 26.2 Å². The van der Waals surface area contributed by atoms with Gasteiger partial charge < -0.3 is 14.4 Å². The van der Waals surface area contributed by atoms with E-state index < -0.39 is 139 Å². The van der Waals surface area contributed by atoms with Gasteiger partial charge in [-0.25, -0.2) is 4.39 Å². The molecular weight excluding hydrogens is 823 g/mol. The van der Waals surface area contributed by atoms with E-state index >= 15 is 4.79 Å². The molecule has 0 saturated carbocycles. The Morgan fingerprint density at radius 3 is 1.58 bits per heavy atom. The van der Waals surface area contributed by atoms with Crippen LogP contribution < -0.4 is 49.3 Å². The Labute approximate surface area is 405 Å². The lowest BCUT2D eigenvalue weighted by Crippen LogP contribution is -2.65. The summed E-state index contributed by atoms with van der Waals surface area (Å²) in [7, 11) is 116. The molecule has 0 atom stereocenters. The van der Waals surface area contributed by atoms with Crippen molar-refractivity contribution < 1.29 is 22.4 Å². The third kappa shape index (κ3) is 8.68. The minimum atomic E-state index is -5.09. The number of fused-ring (bicyclic) bond motifs is 1. The zero-order chi connectivity index (χ0) is 49.5. The van der Waals surface area contributed by atoms with E-state index in [1.807, 2.05) is 18.7 Å². The van der Waals surface area contributed by atoms with Crippen molar-refractivity contribution in [2.24, 2.45) is 0 Å². The van der Waals surface area contributed by atoms with E-state index in [1.54, 1.807) is 0 Å². The molecule has 0 bridgehead atoms. The molecule has 1 amide bonds. The molecule has 65 heavy (non-hydrogen) atoms. The highest BCUT2D eigenvalue weighted by Gasteiger charge is 2.58. The van der Waals surface area contributed by atoms with E-state index in [0.29, 0.717) is 18.7 Å². The Hall–Kier alpha value is -2.79. The van der Waals surface area contributed by atoms with Crippen molar-refractivity contribution in [3.05, 3.63) is 68.4 Å². The maximum atomic E-state index is 15.4. The predicted molar refractivity (Wildman–Crippen MR) is 267 cm³/mol. The average molecular weight is 843 g/mol. The predicted octanol–water partition coefficient (Wildman–Crippen LogP) is -7.58. The molecule has 1 aliphatic carbocycles. The van der Waals surface area contributed by atoms with Gasteiger partial charge in [-0.1, -0.05) is 97.4 Å². The molecular formula is C36H20B18F4N4O2S. The van der Waals surface area contributed by atoms with Gasteiger partial charge >= 0.3 is 6.18 Å². The Balaban J connectivity index is 1.80. The quantitative estimate of drug-likeness (QED) is 0.0581. The number of rotatable bonds is 13. The summed E-state index contributed by atoms with van der Waals surface area (Å²) in [6.07, 6.45) is -5.09. The Bertz CT molecular complexity index is 2570. The van der Waals surface area contributed by atoms with Gasteiger partial charge in [-0.15, -0.1) is 5.21 Å². The van der Waals surface area contributed by atoms with Crippen molar-refractivity contribution in [3.63, 3.8) is 0 Å². The van der Waals surface area contributed by atoms with E-state index in [-0.39, 0.29) is 12.3 Å². The fourth-order valence-corrected chi connectivity index (χ4v) is 8.80. The zero-order valence-corrected chi connectivity index (χ0v) is 36.1. The molecule has 0 spiro atoms. The van der Waals surface area contributed by atoms with Gasteiger partial charge in [-0.05, 0) is 47.3 Å². The summed E-state index contributed by atoms with van der Waals surface area (Å²) in [5, 5.41) is -13.9. The number of likely N-dealkylation sites (N-methyl/N-ethyl adjacent to an activating group) is 1. The third-order valence-corrected chi connectivity index (χ3v) is 12.7. The monoisotopic (exact) mass is 846 g/mol. The summed E-state index contributed by atoms with van der Waals surface area (Å²) in [5.41, 5.74) is -10.6. The lowest BCUT2D eigenvalue weighted by atomic mass is 9.20. The molecule has 0 N–H and O–H groups in total. The first-order valence-electron chi connectivity index (χ1n) is 19.3. The summed E-state index contributed by atoms with van der Waals surface area (Å²) in [6, 6.07) is 5.22. The van der Waals surface area contributed by atoms with Gasteiger partial charge in [-0.2, -0.15) is 18.2 Å². The van der Waals surface area contributed by atoms with Gasteiger partial charge in [0, 0.05) is 41.0 Å². The standard InChI is InChI=1S/C36H20B18F4N4O2S/c1-3-60(4-2)9-10-61(33(49,50)16-23(41)19(37)14(20(38)24(16)42)15-21(39)25(43)17(35(56,57)58)26(44)22(15)40)29(64)34(51,52)62-27-18(31(45,46)36(53,54)32(27,47)48)28(63)59-30(62)65-11-12-5-7-13(55)8-6-12/h5-8H,3-4,9-11H2,1-2H3. The molecule has 0 aliphatic heterocycles. The number of hydrogen-bond acceptors (Lipinski definition) is 5. The summed E-state index contributed by atoms with van der Waals surface area (Å²) in [6.45, 7) is 4.09. The molecule has 29 heteroatoms. The SMILES string of the molecule is [B]c1c([B])c(C(F)(F)F)c([B])c([B])c1-c1c([B])c([B])c(C([B])([B])N(CCN(CC)CC)C(=O)C([B])([B])n2c(SCc3ccc(F)cc3)nc(=O)c3c2C([B])([B])C([B])([B])C3([B])[B])c([B])c1[B]. The van der Waals surface area contributed by atoms with Crippen LogP contribution >= 0.6 is 11.8 Å². The first-order valence-corrected chi connectivity index (χ1v) is 20.3. The highest BCUT2D eigenvalue weighted by Crippen LogP contribution is 2.57. The Morgan fingerprint density at radius 1 is 0.708 bits per heavy atom. The summed E-state index contributed by atoms with van der Waals surface area (Å²) in [5.74, 6) is -1.97. The minimum absolute atomic E-state index is 0.0127. The molecule has 36 radical (unpaired) electrons. The van der Waals surface area contributed by atoms with Crippen LogP contribution in [-0.2, 0) is 37.8 Å². The highest BCUT2D eigenvalue weighted by atomic mass is 32.2. The van der Waals surface area contributed by atoms with Crippen LogP contribution in [0.15, 0.2) is 34.2 Å². The molecule has 284 valence electrons. The molecule has 0 unspecified atom stereocenters. The molecule has 4 aromatic rings. The molecule has 5 rings (SSSR count). The normalized spacial score (nSPS) is 15.5. The van der Waals surface area contributed by atoms with Crippen molar-refractivity contribution >= 4 is 203 Å².